The fourth-order valence-electron chi connectivity index (χ4n) is 3.41. The van der Waals surface area contributed by atoms with E-state index in [0.29, 0.717) is 0 Å². The largest absolute Gasteiger partial charge is 0.327 e. The lowest BCUT2D eigenvalue weighted by Gasteiger charge is -2.42. The Bertz CT molecular complexity index is 674. The Morgan fingerprint density at radius 3 is 2.50 bits per heavy atom. The second-order valence-corrected chi connectivity index (χ2v) is 7.57. The summed E-state index contributed by atoms with van der Waals surface area (Å²) in [5.74, 6) is 0. The van der Waals surface area contributed by atoms with Crippen LogP contribution in [0.4, 0.5) is 0 Å². The van der Waals surface area contributed by atoms with Crippen LogP contribution in [0.25, 0.3) is 5.69 Å². The van der Waals surface area contributed by atoms with Crippen LogP contribution in [-0.4, -0.2) is 39.0 Å². The number of benzene rings is 1. The third-order valence-corrected chi connectivity index (χ3v) is 4.75. The van der Waals surface area contributed by atoms with Gasteiger partial charge in [0.25, 0.3) is 0 Å². The molecular formula is C18H28ClN5. The van der Waals surface area contributed by atoms with Crippen LogP contribution in [0.2, 0.25) is 0 Å². The molecule has 1 aliphatic rings. The van der Waals surface area contributed by atoms with Crippen LogP contribution in [-0.2, 0) is 6.54 Å². The zero-order valence-corrected chi connectivity index (χ0v) is 15.8. The Morgan fingerprint density at radius 1 is 1.21 bits per heavy atom. The van der Waals surface area contributed by atoms with Gasteiger partial charge < -0.3 is 5.73 Å². The van der Waals surface area contributed by atoms with Crippen molar-refractivity contribution in [3.63, 3.8) is 0 Å². The summed E-state index contributed by atoms with van der Waals surface area (Å²) < 4.78 is 0. The molecule has 2 heterocycles. The molecule has 132 valence electrons. The first-order chi connectivity index (χ1) is 10.8. The number of halogens is 1. The average Bonchev–Trinajstić information content (AvgIpc) is 2.90. The van der Waals surface area contributed by atoms with Crippen LogP contribution < -0.4 is 5.73 Å². The maximum Gasteiger partial charge on any atom is 0.0971 e. The van der Waals surface area contributed by atoms with Gasteiger partial charge in [-0.05, 0) is 48.9 Å². The van der Waals surface area contributed by atoms with Crippen molar-refractivity contribution >= 4 is 12.4 Å². The first-order valence-electron chi connectivity index (χ1n) is 8.31. The summed E-state index contributed by atoms with van der Waals surface area (Å²) in [6, 6.07) is 6.66. The highest BCUT2D eigenvalue weighted by atomic mass is 35.5. The summed E-state index contributed by atoms with van der Waals surface area (Å²) in [5, 5.41) is 9.10. The number of hydrogen-bond donors (Lipinski definition) is 1. The molecule has 6 heteroatoms. The number of hydrogen-bond acceptors (Lipinski definition) is 4. The third kappa shape index (κ3) is 4.15. The molecule has 1 aliphatic heterocycles. The van der Waals surface area contributed by atoms with Gasteiger partial charge in [-0.1, -0.05) is 19.9 Å². The zero-order chi connectivity index (χ0) is 16.6. The maximum absolute atomic E-state index is 6.22. The predicted octanol–water partition coefficient (Wildman–Crippen LogP) is 2.87. The summed E-state index contributed by atoms with van der Waals surface area (Å²) in [6.45, 7) is 11.6. The molecular weight excluding hydrogens is 322 g/mol. The van der Waals surface area contributed by atoms with Gasteiger partial charge in [-0.15, -0.1) is 12.4 Å². The smallest absolute Gasteiger partial charge is 0.0971 e. The van der Waals surface area contributed by atoms with Crippen molar-refractivity contribution in [3.8, 4) is 5.69 Å². The normalized spacial score (nSPS) is 20.6. The van der Waals surface area contributed by atoms with E-state index in [-0.39, 0.29) is 23.9 Å². The molecule has 3 rings (SSSR count). The second kappa shape index (κ2) is 7.21. The first kappa shape index (κ1) is 18.9. The maximum atomic E-state index is 6.22. The Hall–Kier alpha value is -1.43. The van der Waals surface area contributed by atoms with E-state index in [1.54, 1.807) is 4.80 Å². The van der Waals surface area contributed by atoms with Crippen molar-refractivity contribution in [2.24, 2.45) is 11.1 Å². The van der Waals surface area contributed by atoms with E-state index < -0.39 is 0 Å². The molecule has 1 aromatic carbocycles. The van der Waals surface area contributed by atoms with Gasteiger partial charge in [0, 0.05) is 25.7 Å². The van der Waals surface area contributed by atoms with Crippen LogP contribution in [0, 0.1) is 19.3 Å². The Labute approximate surface area is 150 Å². The third-order valence-electron chi connectivity index (χ3n) is 4.75. The highest BCUT2D eigenvalue weighted by molar-refractivity contribution is 5.85. The highest BCUT2D eigenvalue weighted by Crippen LogP contribution is 2.28. The van der Waals surface area contributed by atoms with Crippen molar-refractivity contribution in [1.82, 2.24) is 19.9 Å². The fourth-order valence-corrected chi connectivity index (χ4v) is 3.41. The van der Waals surface area contributed by atoms with Crippen molar-refractivity contribution in [3.05, 3.63) is 41.2 Å². The Kier molecular flexibility index (Phi) is 5.68. The summed E-state index contributed by atoms with van der Waals surface area (Å²) >= 11 is 0. The number of piperidine rings is 1. The van der Waals surface area contributed by atoms with E-state index in [1.165, 1.54) is 11.1 Å². The van der Waals surface area contributed by atoms with E-state index in [9.17, 15) is 0 Å². The minimum Gasteiger partial charge on any atom is -0.327 e. The van der Waals surface area contributed by atoms with Gasteiger partial charge in [0.2, 0.25) is 0 Å². The van der Waals surface area contributed by atoms with E-state index in [4.69, 9.17) is 5.73 Å². The average molecular weight is 350 g/mol. The molecule has 0 aliphatic carbocycles. The number of aryl methyl sites for hydroxylation is 2. The first-order valence-corrected chi connectivity index (χ1v) is 8.31. The van der Waals surface area contributed by atoms with E-state index in [0.717, 1.165) is 37.4 Å². The molecule has 0 radical (unpaired) electrons. The quantitative estimate of drug-likeness (QED) is 0.925. The Balaban J connectivity index is 0.00000208. The van der Waals surface area contributed by atoms with Crippen molar-refractivity contribution < 1.29 is 0 Å². The standard InChI is InChI=1S/C18H27N5.ClH/c1-13-7-14(2)9-16(8-13)23-20-10-15(21-23)11-22-6-5-17(19)18(3,4)12-22;/h7-10,17H,5-6,11-12,19H2,1-4H3;1H. The van der Waals surface area contributed by atoms with Gasteiger partial charge in [0.15, 0.2) is 0 Å². The van der Waals surface area contributed by atoms with E-state index in [2.05, 4.69) is 61.0 Å². The topological polar surface area (TPSA) is 60.0 Å². The minimum atomic E-state index is 0. The number of aromatic nitrogens is 3. The molecule has 24 heavy (non-hydrogen) atoms. The molecule has 2 aromatic rings. The van der Waals surface area contributed by atoms with E-state index in [1.807, 2.05) is 6.20 Å². The van der Waals surface area contributed by atoms with E-state index >= 15 is 0 Å². The van der Waals surface area contributed by atoms with Crippen molar-refractivity contribution in [2.75, 3.05) is 13.1 Å². The summed E-state index contributed by atoms with van der Waals surface area (Å²) in [4.78, 5) is 4.16. The molecule has 0 amide bonds. The van der Waals surface area contributed by atoms with Gasteiger partial charge in [0.05, 0.1) is 17.6 Å². The molecule has 1 atom stereocenters. The molecule has 1 fully saturated rings. The second-order valence-electron chi connectivity index (χ2n) is 7.57. The Morgan fingerprint density at radius 2 is 1.88 bits per heavy atom. The van der Waals surface area contributed by atoms with Crippen LogP contribution in [0.3, 0.4) is 0 Å². The molecule has 5 nitrogen and oxygen atoms in total. The molecule has 1 aromatic heterocycles. The lowest BCUT2D eigenvalue weighted by Crippen LogP contribution is -2.52. The monoisotopic (exact) mass is 349 g/mol. The lowest BCUT2D eigenvalue weighted by molar-refractivity contribution is 0.0888. The number of nitrogens with zero attached hydrogens (tertiary/aromatic N) is 4. The van der Waals surface area contributed by atoms with Gasteiger partial charge in [-0.25, -0.2) is 0 Å². The van der Waals surface area contributed by atoms with Crippen molar-refractivity contribution in [1.29, 1.82) is 0 Å². The summed E-state index contributed by atoms with van der Waals surface area (Å²) in [7, 11) is 0. The molecule has 2 N–H and O–H groups in total. The number of rotatable bonds is 3. The summed E-state index contributed by atoms with van der Waals surface area (Å²) in [5.41, 5.74) is 10.9. The van der Waals surface area contributed by atoms with Crippen LogP contribution in [0.15, 0.2) is 24.4 Å². The molecule has 1 saturated heterocycles. The van der Waals surface area contributed by atoms with Crippen LogP contribution in [0.1, 0.15) is 37.1 Å². The molecule has 1 unspecified atom stereocenters. The van der Waals surface area contributed by atoms with Gasteiger partial charge in [-0.3, -0.25) is 4.90 Å². The van der Waals surface area contributed by atoms with Crippen molar-refractivity contribution in [2.45, 2.75) is 46.7 Å². The van der Waals surface area contributed by atoms with Crippen LogP contribution in [0.5, 0.6) is 0 Å². The highest BCUT2D eigenvalue weighted by Gasteiger charge is 2.33. The number of likely N-dealkylation sites (tertiary alicyclic amines) is 1. The fraction of sp³-hybridized carbons (Fsp3) is 0.556. The van der Waals surface area contributed by atoms with Gasteiger partial charge in [0.1, 0.15) is 0 Å². The lowest BCUT2D eigenvalue weighted by atomic mass is 9.80. The van der Waals surface area contributed by atoms with Gasteiger partial charge >= 0.3 is 0 Å². The predicted molar refractivity (Wildman–Crippen MR) is 99.7 cm³/mol. The zero-order valence-electron chi connectivity index (χ0n) is 15.0. The van der Waals surface area contributed by atoms with Gasteiger partial charge in [-0.2, -0.15) is 15.0 Å². The minimum absolute atomic E-state index is 0. The van der Waals surface area contributed by atoms with Crippen LogP contribution >= 0.6 is 12.4 Å². The molecule has 0 spiro atoms. The number of nitrogens with two attached hydrogens (primary N) is 1. The summed E-state index contributed by atoms with van der Waals surface area (Å²) in [6.07, 6.45) is 2.91. The molecule has 0 saturated carbocycles. The SMILES string of the molecule is Cc1cc(C)cc(-n2ncc(CN3CCC(N)C(C)(C)C3)n2)c1.Cl. The molecule has 0 bridgehead atoms.